The molecule has 3 rings (SSSR count). The van der Waals surface area contributed by atoms with Crippen molar-refractivity contribution in [2.24, 2.45) is 0 Å². The molecule has 0 radical (unpaired) electrons. The number of anilines is 1. The number of carboxylic acids is 1. The minimum atomic E-state index is -3.98. The van der Waals surface area contributed by atoms with Crippen LogP contribution >= 0.6 is 11.6 Å². The van der Waals surface area contributed by atoms with Crippen LogP contribution in [0.1, 0.15) is 15.9 Å². The zero-order valence-corrected chi connectivity index (χ0v) is 12.9. The summed E-state index contributed by atoms with van der Waals surface area (Å²) in [4.78, 5) is 11.0. The van der Waals surface area contributed by atoms with Crippen LogP contribution in [-0.4, -0.2) is 26.0 Å². The first-order chi connectivity index (χ1) is 10.4. The summed E-state index contributed by atoms with van der Waals surface area (Å²) in [5.74, 6) is -1.30. The molecule has 1 N–H and O–H groups in total. The second kappa shape index (κ2) is 5.30. The third kappa shape index (κ3) is 2.34. The van der Waals surface area contributed by atoms with Gasteiger partial charge in [0.05, 0.1) is 11.3 Å². The van der Waals surface area contributed by atoms with Crippen molar-refractivity contribution >= 4 is 33.3 Å². The zero-order valence-electron chi connectivity index (χ0n) is 11.4. The van der Waals surface area contributed by atoms with Crippen LogP contribution in [-0.2, 0) is 16.4 Å². The number of rotatable bonds is 3. The Morgan fingerprint density at radius 3 is 2.64 bits per heavy atom. The molecule has 22 heavy (non-hydrogen) atoms. The number of sulfonamides is 1. The number of hydrogen-bond acceptors (Lipinski definition) is 3. The Kier molecular flexibility index (Phi) is 3.58. The van der Waals surface area contributed by atoms with Crippen molar-refractivity contribution in [2.45, 2.75) is 11.3 Å². The molecule has 0 saturated heterocycles. The summed E-state index contributed by atoms with van der Waals surface area (Å²) in [6.45, 7) is 0.285. The Morgan fingerprint density at radius 1 is 1.18 bits per heavy atom. The molecule has 0 aliphatic carbocycles. The molecule has 0 unspecified atom stereocenters. The lowest BCUT2D eigenvalue weighted by Gasteiger charge is -2.20. The van der Waals surface area contributed by atoms with Crippen LogP contribution in [0.3, 0.4) is 0 Å². The van der Waals surface area contributed by atoms with Crippen LogP contribution in [0.2, 0.25) is 5.02 Å². The Bertz CT molecular complexity index is 864. The second-order valence-corrected chi connectivity index (χ2v) is 7.17. The van der Waals surface area contributed by atoms with E-state index in [2.05, 4.69) is 0 Å². The quantitative estimate of drug-likeness (QED) is 0.934. The largest absolute Gasteiger partial charge is 0.478 e. The summed E-state index contributed by atoms with van der Waals surface area (Å²) in [6, 6.07) is 10.9. The molecule has 114 valence electrons. The third-order valence-corrected chi connectivity index (χ3v) is 5.67. The van der Waals surface area contributed by atoms with Crippen LogP contribution in [0.4, 0.5) is 5.69 Å². The van der Waals surface area contributed by atoms with Gasteiger partial charge in [-0.15, -0.1) is 0 Å². The highest BCUT2D eigenvalue weighted by Gasteiger charge is 2.33. The molecule has 0 bridgehead atoms. The maximum Gasteiger partial charge on any atom is 0.337 e. The lowest BCUT2D eigenvalue weighted by Crippen LogP contribution is -2.30. The number of benzene rings is 2. The average molecular weight is 338 g/mol. The van der Waals surface area contributed by atoms with E-state index < -0.39 is 16.0 Å². The van der Waals surface area contributed by atoms with E-state index in [9.17, 15) is 18.3 Å². The average Bonchev–Trinajstić information content (AvgIpc) is 2.91. The van der Waals surface area contributed by atoms with E-state index in [0.29, 0.717) is 12.1 Å². The fourth-order valence-electron chi connectivity index (χ4n) is 2.56. The van der Waals surface area contributed by atoms with E-state index in [1.165, 1.54) is 22.5 Å². The van der Waals surface area contributed by atoms with Gasteiger partial charge in [-0.25, -0.2) is 13.2 Å². The smallest absolute Gasteiger partial charge is 0.337 e. The van der Waals surface area contributed by atoms with Gasteiger partial charge in [0.1, 0.15) is 4.90 Å². The van der Waals surface area contributed by atoms with Crippen molar-refractivity contribution < 1.29 is 18.3 Å². The van der Waals surface area contributed by atoms with Gasteiger partial charge in [0, 0.05) is 11.6 Å². The van der Waals surface area contributed by atoms with E-state index in [4.69, 9.17) is 11.6 Å². The predicted octanol–water partition coefficient (Wildman–Crippen LogP) is 2.79. The van der Waals surface area contributed by atoms with E-state index >= 15 is 0 Å². The monoisotopic (exact) mass is 337 g/mol. The van der Waals surface area contributed by atoms with Crippen molar-refractivity contribution in [1.82, 2.24) is 0 Å². The van der Waals surface area contributed by atoms with E-state index in [-0.39, 0.29) is 22.0 Å². The van der Waals surface area contributed by atoms with Crippen LogP contribution in [0.25, 0.3) is 0 Å². The summed E-state index contributed by atoms with van der Waals surface area (Å²) in [6.07, 6.45) is 0.596. The van der Waals surface area contributed by atoms with Crippen LogP contribution in [0.5, 0.6) is 0 Å². The molecule has 0 amide bonds. The number of aromatic carboxylic acids is 1. The standard InChI is InChI=1S/C15H12ClNO4S/c16-11-5-6-12(15(18)19)14(9-11)22(20,21)17-8-7-10-3-1-2-4-13(10)17/h1-6,9H,7-8H2,(H,18,19). The molecule has 0 spiro atoms. The number of nitrogens with zero attached hydrogens (tertiary/aromatic N) is 1. The minimum Gasteiger partial charge on any atom is -0.478 e. The molecule has 1 aliphatic rings. The number of hydrogen-bond donors (Lipinski definition) is 1. The topological polar surface area (TPSA) is 74.7 Å². The van der Waals surface area contributed by atoms with Gasteiger partial charge in [0.25, 0.3) is 10.0 Å². The van der Waals surface area contributed by atoms with Crippen LogP contribution in [0, 0.1) is 0 Å². The Balaban J connectivity index is 2.17. The first-order valence-corrected chi connectivity index (χ1v) is 8.36. The highest BCUT2D eigenvalue weighted by atomic mass is 35.5. The maximum absolute atomic E-state index is 12.9. The predicted molar refractivity (Wildman–Crippen MR) is 83.1 cm³/mol. The third-order valence-electron chi connectivity index (χ3n) is 3.59. The first kappa shape index (κ1) is 14.9. The van der Waals surface area contributed by atoms with Gasteiger partial charge < -0.3 is 5.11 Å². The summed E-state index contributed by atoms with van der Waals surface area (Å²) in [5, 5.41) is 9.41. The van der Waals surface area contributed by atoms with Crippen molar-refractivity contribution in [3.05, 3.63) is 58.6 Å². The normalized spacial score (nSPS) is 14.0. The molecular weight excluding hydrogens is 326 g/mol. The fourth-order valence-corrected chi connectivity index (χ4v) is 4.51. The molecule has 1 heterocycles. The van der Waals surface area contributed by atoms with Gasteiger partial charge in [-0.2, -0.15) is 0 Å². The lowest BCUT2D eigenvalue weighted by molar-refractivity contribution is 0.0692. The molecule has 7 heteroatoms. The number of carboxylic acid groups (broad SMARTS) is 1. The molecular formula is C15H12ClNO4S. The highest BCUT2D eigenvalue weighted by Crippen LogP contribution is 2.34. The molecule has 0 saturated carbocycles. The number of halogens is 1. The molecule has 0 aromatic heterocycles. The molecule has 0 fully saturated rings. The molecule has 0 atom stereocenters. The van der Waals surface area contributed by atoms with Crippen molar-refractivity contribution in [3.8, 4) is 0 Å². The van der Waals surface area contributed by atoms with Gasteiger partial charge >= 0.3 is 5.97 Å². The van der Waals surface area contributed by atoms with Crippen LogP contribution < -0.4 is 4.31 Å². The SMILES string of the molecule is O=C(O)c1ccc(Cl)cc1S(=O)(=O)N1CCc2ccccc21. The Morgan fingerprint density at radius 2 is 1.91 bits per heavy atom. The Hall–Kier alpha value is -2.05. The van der Waals surface area contributed by atoms with Gasteiger partial charge in [-0.05, 0) is 36.2 Å². The summed E-state index contributed by atoms with van der Waals surface area (Å²) in [7, 11) is -3.98. The summed E-state index contributed by atoms with van der Waals surface area (Å²) in [5.41, 5.74) is 1.22. The van der Waals surface area contributed by atoms with E-state index in [0.717, 1.165) is 5.56 Å². The fraction of sp³-hybridized carbons (Fsp3) is 0.133. The maximum atomic E-state index is 12.9. The van der Waals surface area contributed by atoms with E-state index in [1.54, 1.807) is 12.1 Å². The second-order valence-electron chi connectivity index (χ2n) is 4.90. The minimum absolute atomic E-state index is 0.177. The van der Waals surface area contributed by atoms with Gasteiger partial charge in [0.15, 0.2) is 0 Å². The van der Waals surface area contributed by atoms with E-state index in [1.807, 2.05) is 12.1 Å². The lowest BCUT2D eigenvalue weighted by atomic mass is 10.2. The number of carbonyl (C=O) groups is 1. The zero-order chi connectivity index (χ0) is 15.9. The highest BCUT2D eigenvalue weighted by molar-refractivity contribution is 7.93. The number of fused-ring (bicyclic) bond motifs is 1. The molecule has 5 nitrogen and oxygen atoms in total. The Labute approximate surface area is 132 Å². The van der Waals surface area contributed by atoms with Gasteiger partial charge in [0.2, 0.25) is 0 Å². The first-order valence-electron chi connectivity index (χ1n) is 6.55. The van der Waals surface area contributed by atoms with Gasteiger partial charge in [-0.1, -0.05) is 29.8 Å². The molecule has 1 aliphatic heterocycles. The van der Waals surface area contributed by atoms with Crippen molar-refractivity contribution in [1.29, 1.82) is 0 Å². The molecule has 2 aromatic carbocycles. The van der Waals surface area contributed by atoms with Crippen LogP contribution in [0.15, 0.2) is 47.4 Å². The summed E-state index contributed by atoms with van der Waals surface area (Å²) < 4.78 is 27.0. The molecule has 2 aromatic rings. The van der Waals surface area contributed by atoms with Gasteiger partial charge in [-0.3, -0.25) is 4.31 Å². The van der Waals surface area contributed by atoms with Crippen molar-refractivity contribution in [3.63, 3.8) is 0 Å². The number of para-hydroxylation sites is 1. The van der Waals surface area contributed by atoms with Crippen molar-refractivity contribution in [2.75, 3.05) is 10.8 Å². The summed E-state index contributed by atoms with van der Waals surface area (Å²) >= 11 is 5.86.